The van der Waals surface area contributed by atoms with Crippen LogP contribution in [0, 0.1) is 5.82 Å². The summed E-state index contributed by atoms with van der Waals surface area (Å²) in [4.78, 5) is 14.3. The van der Waals surface area contributed by atoms with Gasteiger partial charge < -0.3 is 20.3 Å². The topological polar surface area (TPSA) is 53.6 Å². The van der Waals surface area contributed by atoms with Crippen molar-refractivity contribution in [2.75, 3.05) is 46.4 Å². The first kappa shape index (κ1) is 15.7. The Morgan fingerprint density at radius 1 is 1.43 bits per heavy atom. The van der Waals surface area contributed by atoms with Crippen LogP contribution in [0.3, 0.4) is 0 Å². The fraction of sp³-hybridized carbons (Fsp3) is 0.533. The van der Waals surface area contributed by atoms with Crippen LogP contribution in [0.4, 0.5) is 4.39 Å². The van der Waals surface area contributed by atoms with Crippen LogP contribution in [0.15, 0.2) is 18.2 Å². The van der Waals surface area contributed by atoms with Gasteiger partial charge >= 0.3 is 0 Å². The molecule has 1 aromatic rings. The third-order valence-electron chi connectivity index (χ3n) is 3.56. The lowest BCUT2D eigenvalue weighted by Gasteiger charge is -2.27. The van der Waals surface area contributed by atoms with Crippen molar-refractivity contribution < 1.29 is 13.9 Å². The number of ether oxygens (including phenoxy) is 1. The number of halogens is 1. The fourth-order valence-corrected chi connectivity index (χ4v) is 2.35. The normalized spacial score (nSPS) is 15.7. The number of carbonyl (C=O) groups is 1. The molecule has 0 aromatic heterocycles. The molecule has 2 N–H and O–H groups in total. The van der Waals surface area contributed by atoms with Crippen LogP contribution < -0.4 is 15.4 Å². The molecule has 0 aliphatic carbocycles. The second kappa shape index (κ2) is 7.95. The van der Waals surface area contributed by atoms with Gasteiger partial charge in [-0.2, -0.15) is 0 Å². The maximum atomic E-state index is 13.5. The first-order valence-corrected chi connectivity index (χ1v) is 7.25. The van der Waals surface area contributed by atoms with Gasteiger partial charge in [-0.05, 0) is 31.2 Å². The Morgan fingerprint density at radius 3 is 2.86 bits per heavy atom. The molecule has 0 radical (unpaired) electrons. The summed E-state index contributed by atoms with van der Waals surface area (Å²) in [5.74, 6) is -0.631. The predicted molar refractivity (Wildman–Crippen MR) is 79.2 cm³/mol. The van der Waals surface area contributed by atoms with E-state index in [1.165, 1.54) is 19.2 Å². The molecule has 116 valence electrons. The second-order valence-corrected chi connectivity index (χ2v) is 5.05. The van der Waals surface area contributed by atoms with Crippen molar-refractivity contribution in [3.8, 4) is 5.75 Å². The lowest BCUT2D eigenvalue weighted by molar-refractivity contribution is 0.0950. The number of carbonyl (C=O) groups excluding carboxylic acids is 1. The number of amides is 1. The van der Waals surface area contributed by atoms with Gasteiger partial charge in [0, 0.05) is 38.3 Å². The molecule has 6 heteroatoms. The van der Waals surface area contributed by atoms with E-state index in [2.05, 4.69) is 15.5 Å². The molecule has 1 aliphatic rings. The molecule has 1 saturated heterocycles. The molecular formula is C15H22FN3O2. The van der Waals surface area contributed by atoms with E-state index in [4.69, 9.17) is 4.74 Å². The number of methoxy groups -OCH3 is 1. The number of hydrogen-bond donors (Lipinski definition) is 2. The van der Waals surface area contributed by atoms with E-state index >= 15 is 0 Å². The Labute approximate surface area is 124 Å². The largest absolute Gasteiger partial charge is 0.494 e. The minimum atomic E-state index is -0.522. The van der Waals surface area contributed by atoms with Crippen LogP contribution in [0.2, 0.25) is 0 Å². The van der Waals surface area contributed by atoms with Gasteiger partial charge in [0.05, 0.1) is 7.11 Å². The molecule has 1 fully saturated rings. The summed E-state index contributed by atoms with van der Waals surface area (Å²) in [5.41, 5.74) is 0.315. The van der Waals surface area contributed by atoms with Crippen LogP contribution in [-0.4, -0.2) is 57.2 Å². The summed E-state index contributed by atoms with van der Waals surface area (Å²) in [6.45, 7) is 5.72. The van der Waals surface area contributed by atoms with Crippen molar-refractivity contribution in [2.45, 2.75) is 6.42 Å². The Balaban J connectivity index is 1.72. The lowest BCUT2D eigenvalue weighted by Crippen LogP contribution is -2.44. The minimum Gasteiger partial charge on any atom is -0.494 e. The van der Waals surface area contributed by atoms with Gasteiger partial charge in [0.2, 0.25) is 0 Å². The smallest absolute Gasteiger partial charge is 0.251 e. The maximum Gasteiger partial charge on any atom is 0.251 e. The molecule has 1 aliphatic heterocycles. The van der Waals surface area contributed by atoms with E-state index in [1.54, 1.807) is 6.07 Å². The number of rotatable bonds is 6. The number of piperazine rings is 1. The molecule has 1 aromatic carbocycles. The predicted octanol–water partition coefficient (Wildman–Crippen LogP) is 0.859. The van der Waals surface area contributed by atoms with E-state index in [1.807, 2.05) is 0 Å². The highest BCUT2D eigenvalue weighted by molar-refractivity contribution is 5.94. The molecule has 0 unspecified atom stereocenters. The minimum absolute atomic E-state index is 0.144. The molecule has 1 heterocycles. The van der Waals surface area contributed by atoms with Crippen LogP contribution in [0.5, 0.6) is 5.75 Å². The molecular weight excluding hydrogens is 273 g/mol. The maximum absolute atomic E-state index is 13.5. The summed E-state index contributed by atoms with van der Waals surface area (Å²) in [5, 5.41) is 6.12. The van der Waals surface area contributed by atoms with Crippen molar-refractivity contribution in [2.24, 2.45) is 0 Å². The number of benzene rings is 1. The average Bonchev–Trinajstić information content (AvgIpc) is 2.52. The first-order chi connectivity index (χ1) is 10.2. The van der Waals surface area contributed by atoms with E-state index in [0.29, 0.717) is 12.1 Å². The zero-order chi connectivity index (χ0) is 15.1. The summed E-state index contributed by atoms with van der Waals surface area (Å²) in [6.07, 6.45) is 0.893. The Bertz CT molecular complexity index is 476. The van der Waals surface area contributed by atoms with Crippen LogP contribution in [0.1, 0.15) is 16.8 Å². The highest BCUT2D eigenvalue weighted by atomic mass is 19.1. The highest BCUT2D eigenvalue weighted by Crippen LogP contribution is 2.17. The van der Waals surface area contributed by atoms with E-state index in [0.717, 1.165) is 39.1 Å². The summed E-state index contributed by atoms with van der Waals surface area (Å²) in [7, 11) is 1.40. The summed E-state index contributed by atoms with van der Waals surface area (Å²) in [6, 6.07) is 4.23. The highest BCUT2D eigenvalue weighted by Gasteiger charge is 2.11. The van der Waals surface area contributed by atoms with Gasteiger partial charge in [0.25, 0.3) is 5.91 Å². The Morgan fingerprint density at radius 2 is 2.19 bits per heavy atom. The number of nitrogens with one attached hydrogen (secondary N) is 2. The fourth-order valence-electron chi connectivity index (χ4n) is 2.35. The van der Waals surface area contributed by atoms with Gasteiger partial charge in [0.1, 0.15) is 0 Å². The van der Waals surface area contributed by atoms with Gasteiger partial charge in [-0.25, -0.2) is 4.39 Å². The van der Waals surface area contributed by atoms with Gasteiger partial charge in [0.15, 0.2) is 11.6 Å². The molecule has 0 saturated carbocycles. The van der Waals surface area contributed by atoms with Crippen molar-refractivity contribution in [3.05, 3.63) is 29.6 Å². The summed E-state index contributed by atoms with van der Waals surface area (Å²) >= 11 is 0. The molecule has 0 atom stereocenters. The number of hydrogen-bond acceptors (Lipinski definition) is 4. The molecule has 5 nitrogen and oxygen atoms in total. The van der Waals surface area contributed by atoms with Crippen molar-refractivity contribution >= 4 is 5.91 Å². The zero-order valence-corrected chi connectivity index (χ0v) is 12.3. The zero-order valence-electron chi connectivity index (χ0n) is 12.3. The first-order valence-electron chi connectivity index (χ1n) is 7.25. The van der Waals surface area contributed by atoms with Crippen LogP contribution in [-0.2, 0) is 0 Å². The third kappa shape index (κ3) is 4.68. The van der Waals surface area contributed by atoms with E-state index in [9.17, 15) is 9.18 Å². The monoisotopic (exact) mass is 295 g/mol. The standard InChI is InChI=1S/C15H22FN3O2/c1-21-14-4-3-12(11-13(14)16)15(20)18-5-2-8-19-9-6-17-7-10-19/h3-4,11,17H,2,5-10H2,1H3,(H,18,20). The quantitative estimate of drug-likeness (QED) is 0.764. The number of nitrogens with zero attached hydrogens (tertiary/aromatic N) is 1. The van der Waals surface area contributed by atoms with Gasteiger partial charge in [-0.1, -0.05) is 0 Å². The van der Waals surface area contributed by atoms with E-state index < -0.39 is 5.82 Å². The van der Waals surface area contributed by atoms with E-state index in [-0.39, 0.29) is 11.7 Å². The van der Waals surface area contributed by atoms with Crippen molar-refractivity contribution in [3.63, 3.8) is 0 Å². The summed E-state index contributed by atoms with van der Waals surface area (Å²) < 4.78 is 18.4. The van der Waals surface area contributed by atoms with Crippen molar-refractivity contribution in [1.82, 2.24) is 15.5 Å². The van der Waals surface area contributed by atoms with Crippen LogP contribution in [0.25, 0.3) is 0 Å². The molecule has 21 heavy (non-hydrogen) atoms. The van der Waals surface area contributed by atoms with Crippen molar-refractivity contribution in [1.29, 1.82) is 0 Å². The van der Waals surface area contributed by atoms with Gasteiger partial charge in [-0.15, -0.1) is 0 Å². The Kier molecular flexibility index (Phi) is 5.95. The SMILES string of the molecule is COc1ccc(C(=O)NCCCN2CCNCC2)cc1F. The third-order valence-corrected chi connectivity index (χ3v) is 3.56. The van der Waals surface area contributed by atoms with Crippen LogP contribution >= 0.6 is 0 Å². The average molecular weight is 295 g/mol. The Hall–Kier alpha value is -1.66. The lowest BCUT2D eigenvalue weighted by atomic mass is 10.2. The molecule has 0 bridgehead atoms. The second-order valence-electron chi connectivity index (χ2n) is 5.05. The molecule has 0 spiro atoms. The van der Waals surface area contributed by atoms with Gasteiger partial charge in [-0.3, -0.25) is 4.79 Å². The molecule has 1 amide bonds. The molecule has 2 rings (SSSR count).